The van der Waals surface area contributed by atoms with Crippen LogP contribution in [0, 0.1) is 0 Å². The largest absolute Gasteiger partial charge is 0.452 e. The van der Waals surface area contributed by atoms with Crippen LogP contribution in [-0.4, -0.2) is 63.6 Å². The zero-order valence-electron chi connectivity index (χ0n) is 16.2. The van der Waals surface area contributed by atoms with Crippen LogP contribution in [0.4, 0.5) is 0 Å². The molecule has 0 radical (unpaired) electrons. The number of carbonyl (C=O) groups is 2. The minimum absolute atomic E-state index is 0.184. The van der Waals surface area contributed by atoms with Crippen LogP contribution >= 0.6 is 0 Å². The van der Waals surface area contributed by atoms with Crippen LogP contribution < -0.4 is 5.32 Å². The lowest BCUT2D eigenvalue weighted by molar-refractivity contribution is -0.144. The third kappa shape index (κ3) is 6.12. The second kappa shape index (κ2) is 10.00. The zero-order valence-corrected chi connectivity index (χ0v) is 17.0. The summed E-state index contributed by atoms with van der Waals surface area (Å²) in [6, 6.07) is 6.42. The summed E-state index contributed by atoms with van der Waals surface area (Å²) >= 11 is 0. The zero-order chi connectivity index (χ0) is 20.7. The third-order valence-corrected chi connectivity index (χ3v) is 6.88. The fourth-order valence-electron chi connectivity index (χ4n) is 3.38. The summed E-state index contributed by atoms with van der Waals surface area (Å²) in [6.07, 6.45) is 6.89. The number of nitrogens with one attached hydrogen (secondary N) is 1. The molecule has 9 heteroatoms. The van der Waals surface area contributed by atoms with Gasteiger partial charge in [0.1, 0.15) is 0 Å². The standard InChI is InChI=1S/C20H26N2O6S/c23-19(21-17-3-1-2-4-17)15-28-20(24)10-7-16-5-8-18(9-6-16)29(25,26)22-11-13-27-14-12-22/h5-10,17H,1-4,11-15H2,(H,21,23). The molecule has 8 nitrogen and oxygen atoms in total. The van der Waals surface area contributed by atoms with Gasteiger partial charge in [0.2, 0.25) is 10.0 Å². The molecular formula is C20H26N2O6S. The lowest BCUT2D eigenvalue weighted by Crippen LogP contribution is -2.40. The van der Waals surface area contributed by atoms with Crippen LogP contribution in [0.5, 0.6) is 0 Å². The summed E-state index contributed by atoms with van der Waals surface area (Å²) in [4.78, 5) is 23.7. The second-order valence-electron chi connectivity index (χ2n) is 7.08. The molecule has 0 spiro atoms. The van der Waals surface area contributed by atoms with E-state index >= 15 is 0 Å². The Morgan fingerprint density at radius 1 is 1.14 bits per heavy atom. The van der Waals surface area contributed by atoms with Crippen molar-refractivity contribution in [1.29, 1.82) is 0 Å². The van der Waals surface area contributed by atoms with Crippen molar-refractivity contribution >= 4 is 28.0 Å². The SMILES string of the molecule is O=C(COC(=O)C=Cc1ccc(S(=O)(=O)N2CCOCC2)cc1)NC1CCCC1. The van der Waals surface area contributed by atoms with E-state index in [4.69, 9.17) is 9.47 Å². The average Bonchev–Trinajstić information content (AvgIpc) is 3.24. The van der Waals surface area contributed by atoms with E-state index in [9.17, 15) is 18.0 Å². The first-order valence-corrected chi connectivity index (χ1v) is 11.2. The predicted molar refractivity (Wildman–Crippen MR) is 106 cm³/mol. The topological polar surface area (TPSA) is 102 Å². The number of esters is 1. The van der Waals surface area contributed by atoms with Gasteiger partial charge in [-0.05, 0) is 36.6 Å². The maximum Gasteiger partial charge on any atom is 0.331 e. The van der Waals surface area contributed by atoms with Crippen molar-refractivity contribution < 1.29 is 27.5 Å². The molecule has 0 atom stereocenters. The summed E-state index contributed by atoms with van der Waals surface area (Å²) in [5.74, 6) is -0.923. The van der Waals surface area contributed by atoms with Crippen LogP contribution in [-0.2, 0) is 29.1 Å². The van der Waals surface area contributed by atoms with E-state index in [1.54, 1.807) is 12.1 Å². The van der Waals surface area contributed by atoms with Gasteiger partial charge in [0.15, 0.2) is 6.61 Å². The minimum atomic E-state index is -3.55. The van der Waals surface area contributed by atoms with E-state index in [0.717, 1.165) is 25.7 Å². The molecule has 1 N–H and O–H groups in total. The number of sulfonamides is 1. The quantitative estimate of drug-likeness (QED) is 0.525. The van der Waals surface area contributed by atoms with Gasteiger partial charge < -0.3 is 14.8 Å². The number of ether oxygens (including phenoxy) is 2. The van der Waals surface area contributed by atoms with Gasteiger partial charge in [-0.25, -0.2) is 13.2 Å². The lowest BCUT2D eigenvalue weighted by Gasteiger charge is -2.26. The molecule has 29 heavy (non-hydrogen) atoms. The van der Waals surface area contributed by atoms with E-state index in [2.05, 4.69) is 5.32 Å². The molecule has 1 saturated carbocycles. The highest BCUT2D eigenvalue weighted by atomic mass is 32.2. The lowest BCUT2D eigenvalue weighted by atomic mass is 10.2. The number of benzene rings is 1. The Kier molecular flexibility index (Phi) is 7.40. The van der Waals surface area contributed by atoms with Crippen LogP contribution in [0.25, 0.3) is 6.08 Å². The first-order valence-electron chi connectivity index (χ1n) is 9.77. The number of carbonyl (C=O) groups excluding carboxylic acids is 2. The monoisotopic (exact) mass is 422 g/mol. The molecule has 1 aromatic carbocycles. The van der Waals surface area contributed by atoms with Gasteiger partial charge in [-0.3, -0.25) is 4.79 Å². The van der Waals surface area contributed by atoms with Gasteiger partial charge in [-0.2, -0.15) is 4.31 Å². The van der Waals surface area contributed by atoms with Crippen molar-refractivity contribution in [2.75, 3.05) is 32.9 Å². The first kappa shape index (κ1) is 21.5. The molecule has 1 aliphatic heterocycles. The highest BCUT2D eigenvalue weighted by Gasteiger charge is 2.26. The minimum Gasteiger partial charge on any atom is -0.452 e. The first-order chi connectivity index (χ1) is 13.9. The third-order valence-electron chi connectivity index (χ3n) is 4.97. The Balaban J connectivity index is 1.48. The van der Waals surface area contributed by atoms with Crippen molar-refractivity contribution in [2.24, 2.45) is 0 Å². The maximum atomic E-state index is 12.6. The number of hydrogen-bond donors (Lipinski definition) is 1. The van der Waals surface area contributed by atoms with Crippen molar-refractivity contribution in [2.45, 2.75) is 36.6 Å². The number of morpholine rings is 1. The highest BCUT2D eigenvalue weighted by molar-refractivity contribution is 7.89. The molecule has 0 bridgehead atoms. The van der Waals surface area contributed by atoms with E-state index in [-0.39, 0.29) is 23.5 Å². The van der Waals surface area contributed by atoms with Crippen LogP contribution in [0.2, 0.25) is 0 Å². The molecular weight excluding hydrogens is 396 g/mol. The van der Waals surface area contributed by atoms with Crippen molar-refractivity contribution in [3.63, 3.8) is 0 Å². The average molecular weight is 423 g/mol. The van der Waals surface area contributed by atoms with E-state index in [1.807, 2.05) is 0 Å². The van der Waals surface area contributed by atoms with Crippen LogP contribution in [0.1, 0.15) is 31.2 Å². The van der Waals surface area contributed by atoms with Gasteiger partial charge in [0.25, 0.3) is 5.91 Å². The molecule has 1 aliphatic carbocycles. The van der Waals surface area contributed by atoms with E-state index in [1.165, 1.54) is 28.6 Å². The summed E-state index contributed by atoms with van der Waals surface area (Å²) in [5, 5.41) is 2.85. The molecule has 1 aromatic rings. The molecule has 1 amide bonds. The number of nitrogens with zero attached hydrogens (tertiary/aromatic N) is 1. The van der Waals surface area contributed by atoms with Crippen LogP contribution in [0.15, 0.2) is 35.2 Å². The Morgan fingerprint density at radius 2 is 1.79 bits per heavy atom. The van der Waals surface area contributed by atoms with Crippen molar-refractivity contribution in [3.05, 3.63) is 35.9 Å². The summed E-state index contributed by atoms with van der Waals surface area (Å²) in [6.45, 7) is 1.15. The maximum absolute atomic E-state index is 12.6. The molecule has 0 unspecified atom stereocenters. The Bertz CT molecular complexity index is 838. The summed E-state index contributed by atoms with van der Waals surface area (Å²) < 4.78 is 36.7. The molecule has 3 rings (SSSR count). The fraction of sp³-hybridized carbons (Fsp3) is 0.500. The molecule has 2 aliphatic rings. The van der Waals surface area contributed by atoms with Gasteiger partial charge >= 0.3 is 5.97 Å². The normalized spacial score (nSPS) is 18.8. The Labute approximate surface area is 170 Å². The highest BCUT2D eigenvalue weighted by Crippen LogP contribution is 2.18. The van der Waals surface area contributed by atoms with Crippen molar-refractivity contribution in [1.82, 2.24) is 9.62 Å². The summed E-state index contributed by atoms with van der Waals surface area (Å²) in [7, 11) is -3.55. The van der Waals surface area contributed by atoms with Gasteiger partial charge in [-0.1, -0.05) is 25.0 Å². The number of hydrogen-bond acceptors (Lipinski definition) is 6. The van der Waals surface area contributed by atoms with Crippen LogP contribution in [0.3, 0.4) is 0 Å². The molecule has 1 saturated heterocycles. The number of rotatable bonds is 7. The van der Waals surface area contributed by atoms with Gasteiger partial charge in [0, 0.05) is 25.2 Å². The van der Waals surface area contributed by atoms with E-state index < -0.39 is 16.0 Å². The van der Waals surface area contributed by atoms with E-state index in [0.29, 0.717) is 31.9 Å². The second-order valence-corrected chi connectivity index (χ2v) is 9.01. The van der Waals surface area contributed by atoms with Crippen molar-refractivity contribution in [3.8, 4) is 0 Å². The smallest absolute Gasteiger partial charge is 0.331 e. The Hall–Kier alpha value is -2.23. The molecule has 1 heterocycles. The molecule has 158 valence electrons. The fourth-order valence-corrected chi connectivity index (χ4v) is 4.78. The summed E-state index contributed by atoms with van der Waals surface area (Å²) in [5.41, 5.74) is 0.651. The molecule has 2 fully saturated rings. The number of amides is 1. The van der Waals surface area contributed by atoms with Gasteiger partial charge in [0.05, 0.1) is 18.1 Å². The predicted octanol–water partition coefficient (Wildman–Crippen LogP) is 1.32. The van der Waals surface area contributed by atoms with Gasteiger partial charge in [-0.15, -0.1) is 0 Å². The Morgan fingerprint density at radius 3 is 2.45 bits per heavy atom. The molecule has 0 aromatic heterocycles.